The first-order valence-electron chi connectivity index (χ1n) is 7.87. The van der Waals surface area contributed by atoms with Crippen molar-refractivity contribution in [2.24, 2.45) is 0 Å². The van der Waals surface area contributed by atoms with Gasteiger partial charge in [-0.1, -0.05) is 25.7 Å². The molecule has 0 radical (unpaired) electrons. The van der Waals surface area contributed by atoms with Gasteiger partial charge in [0.1, 0.15) is 12.0 Å². The van der Waals surface area contributed by atoms with Crippen molar-refractivity contribution in [3.05, 3.63) is 30.9 Å². The molecule has 0 unspecified atom stereocenters. The van der Waals surface area contributed by atoms with Crippen LogP contribution in [0.5, 0.6) is 0 Å². The normalized spacial score (nSPS) is 16.0. The molecule has 2 aromatic heterocycles. The summed E-state index contributed by atoms with van der Waals surface area (Å²) >= 11 is 0. The molecule has 0 saturated heterocycles. The molecule has 1 saturated carbocycles. The molecule has 0 amide bonds. The minimum Gasteiger partial charge on any atom is -0.393 e. The first-order chi connectivity index (χ1) is 10.8. The summed E-state index contributed by atoms with van der Waals surface area (Å²) in [7, 11) is 0. The molecule has 6 heteroatoms. The number of nitrogens with one attached hydrogen (secondary N) is 2. The van der Waals surface area contributed by atoms with Crippen LogP contribution in [0.2, 0.25) is 0 Å². The summed E-state index contributed by atoms with van der Waals surface area (Å²) in [4.78, 5) is 12.6. The maximum absolute atomic E-state index is 6.22. The van der Waals surface area contributed by atoms with Crippen LogP contribution in [0, 0.1) is 0 Å². The van der Waals surface area contributed by atoms with E-state index in [9.17, 15) is 0 Å². The maximum Gasteiger partial charge on any atom is 0.159 e. The molecule has 22 heavy (non-hydrogen) atoms. The summed E-state index contributed by atoms with van der Waals surface area (Å²) < 4.78 is 0. The maximum atomic E-state index is 6.22. The van der Waals surface area contributed by atoms with Crippen molar-refractivity contribution in [2.45, 2.75) is 44.6 Å². The first kappa shape index (κ1) is 14.6. The Morgan fingerprint density at radius 2 is 1.82 bits per heavy atom. The van der Waals surface area contributed by atoms with Crippen molar-refractivity contribution >= 4 is 23.0 Å². The fourth-order valence-electron chi connectivity index (χ4n) is 2.80. The van der Waals surface area contributed by atoms with Crippen molar-refractivity contribution in [2.75, 3.05) is 16.4 Å². The zero-order valence-electron chi connectivity index (χ0n) is 12.6. The lowest BCUT2D eigenvalue weighted by atomic mass is 10.1. The predicted molar refractivity (Wildman–Crippen MR) is 89.1 cm³/mol. The van der Waals surface area contributed by atoms with Gasteiger partial charge in [-0.2, -0.15) is 0 Å². The van der Waals surface area contributed by atoms with Gasteiger partial charge in [0.25, 0.3) is 0 Å². The van der Waals surface area contributed by atoms with E-state index in [4.69, 9.17) is 5.73 Å². The molecule has 0 aromatic carbocycles. The Morgan fingerprint density at radius 1 is 1.05 bits per heavy atom. The summed E-state index contributed by atoms with van der Waals surface area (Å²) in [6, 6.07) is 4.24. The molecule has 1 aliphatic rings. The molecule has 3 rings (SSSR count). The summed E-state index contributed by atoms with van der Waals surface area (Å²) in [5.74, 6) is 1.33. The van der Waals surface area contributed by atoms with Gasteiger partial charge in [-0.25, -0.2) is 9.97 Å². The zero-order chi connectivity index (χ0) is 15.2. The van der Waals surface area contributed by atoms with Crippen LogP contribution in [0.15, 0.2) is 30.9 Å². The molecule has 0 atom stereocenters. The topological polar surface area (TPSA) is 88.8 Å². The third-order valence-electron chi connectivity index (χ3n) is 4.00. The van der Waals surface area contributed by atoms with Crippen molar-refractivity contribution in [1.82, 2.24) is 15.0 Å². The van der Waals surface area contributed by atoms with E-state index < -0.39 is 0 Å². The Labute approximate surface area is 130 Å². The second-order valence-electron chi connectivity index (χ2n) is 5.68. The molecule has 0 aliphatic heterocycles. The average molecular weight is 298 g/mol. The van der Waals surface area contributed by atoms with Gasteiger partial charge in [0.15, 0.2) is 11.6 Å². The summed E-state index contributed by atoms with van der Waals surface area (Å²) in [6.07, 6.45) is 12.5. The standard InChI is InChI=1S/C16H22N6/c17-14-15(21-12-6-3-1-2-4-7-12)19-11-20-16(14)22-13-8-5-9-18-10-13/h5,8-12H,1-4,6-7,17H2,(H2,19,20,21,22). The lowest BCUT2D eigenvalue weighted by molar-refractivity contribution is 0.618. The number of hydrogen-bond donors (Lipinski definition) is 3. The molecular weight excluding hydrogens is 276 g/mol. The van der Waals surface area contributed by atoms with Gasteiger partial charge in [-0.15, -0.1) is 0 Å². The summed E-state index contributed by atoms with van der Waals surface area (Å²) in [6.45, 7) is 0. The Kier molecular flexibility index (Phi) is 4.68. The van der Waals surface area contributed by atoms with E-state index in [-0.39, 0.29) is 0 Å². The smallest absolute Gasteiger partial charge is 0.159 e. The van der Waals surface area contributed by atoms with Gasteiger partial charge < -0.3 is 16.4 Å². The molecular formula is C16H22N6. The fourth-order valence-corrected chi connectivity index (χ4v) is 2.80. The van der Waals surface area contributed by atoms with Crippen LogP contribution in [0.3, 0.4) is 0 Å². The second kappa shape index (κ2) is 7.06. The number of hydrogen-bond acceptors (Lipinski definition) is 6. The molecule has 0 spiro atoms. The number of nitrogen functional groups attached to an aromatic ring is 1. The van der Waals surface area contributed by atoms with Crippen molar-refractivity contribution < 1.29 is 0 Å². The van der Waals surface area contributed by atoms with Crippen molar-refractivity contribution in [1.29, 1.82) is 0 Å². The molecule has 1 fully saturated rings. The SMILES string of the molecule is Nc1c(Nc2cccnc2)ncnc1NC1CCCCCC1. The molecule has 4 N–H and O–H groups in total. The molecule has 2 aromatic rings. The number of pyridine rings is 1. The fraction of sp³-hybridized carbons (Fsp3) is 0.438. The first-order valence-corrected chi connectivity index (χ1v) is 7.87. The van der Waals surface area contributed by atoms with Crippen LogP contribution in [0.4, 0.5) is 23.0 Å². The molecule has 1 aliphatic carbocycles. The van der Waals surface area contributed by atoms with E-state index in [1.807, 2.05) is 12.1 Å². The third kappa shape index (κ3) is 3.63. The lowest BCUT2D eigenvalue weighted by Gasteiger charge is -2.19. The highest BCUT2D eigenvalue weighted by Gasteiger charge is 2.15. The number of rotatable bonds is 4. The molecule has 116 valence electrons. The van der Waals surface area contributed by atoms with Gasteiger partial charge in [-0.3, -0.25) is 4.98 Å². The quantitative estimate of drug-likeness (QED) is 0.750. The van der Waals surface area contributed by atoms with Gasteiger partial charge in [0, 0.05) is 12.2 Å². The van der Waals surface area contributed by atoms with Crippen LogP contribution >= 0.6 is 0 Å². The Morgan fingerprint density at radius 3 is 2.55 bits per heavy atom. The molecule has 6 nitrogen and oxygen atoms in total. The highest BCUT2D eigenvalue weighted by Crippen LogP contribution is 2.28. The van der Waals surface area contributed by atoms with Crippen LogP contribution in [0.1, 0.15) is 38.5 Å². The van der Waals surface area contributed by atoms with Crippen molar-refractivity contribution in [3.63, 3.8) is 0 Å². The Balaban J connectivity index is 1.73. The van der Waals surface area contributed by atoms with Gasteiger partial charge in [0.05, 0.1) is 11.9 Å². The van der Waals surface area contributed by atoms with Crippen LogP contribution < -0.4 is 16.4 Å². The predicted octanol–water partition coefficient (Wildman–Crippen LogP) is 3.33. The number of nitrogens with zero attached hydrogens (tertiary/aromatic N) is 3. The highest BCUT2D eigenvalue weighted by molar-refractivity contribution is 5.77. The van der Waals surface area contributed by atoms with Crippen LogP contribution in [-0.2, 0) is 0 Å². The van der Waals surface area contributed by atoms with E-state index in [0.717, 1.165) is 5.69 Å². The summed E-state index contributed by atoms with van der Waals surface area (Å²) in [5.41, 5.74) is 7.62. The van der Waals surface area contributed by atoms with Crippen LogP contribution in [-0.4, -0.2) is 21.0 Å². The van der Waals surface area contributed by atoms with Gasteiger partial charge in [0.2, 0.25) is 0 Å². The van der Waals surface area contributed by atoms with Crippen LogP contribution in [0.25, 0.3) is 0 Å². The van der Waals surface area contributed by atoms with E-state index in [1.54, 1.807) is 12.4 Å². The minimum atomic E-state index is 0.450. The van der Waals surface area contributed by atoms with Gasteiger partial charge in [-0.05, 0) is 25.0 Å². The van der Waals surface area contributed by atoms with E-state index in [2.05, 4.69) is 25.6 Å². The molecule has 0 bridgehead atoms. The van der Waals surface area contributed by atoms with Crippen molar-refractivity contribution in [3.8, 4) is 0 Å². The third-order valence-corrected chi connectivity index (χ3v) is 4.00. The Bertz CT molecular complexity index is 593. The lowest BCUT2D eigenvalue weighted by Crippen LogP contribution is -2.20. The zero-order valence-corrected chi connectivity index (χ0v) is 12.6. The number of aromatic nitrogens is 3. The highest BCUT2D eigenvalue weighted by atomic mass is 15.1. The van der Waals surface area contributed by atoms with Gasteiger partial charge >= 0.3 is 0 Å². The van der Waals surface area contributed by atoms with E-state index in [0.29, 0.717) is 23.4 Å². The molecule has 2 heterocycles. The number of anilines is 4. The van der Waals surface area contributed by atoms with E-state index >= 15 is 0 Å². The second-order valence-corrected chi connectivity index (χ2v) is 5.68. The number of nitrogens with two attached hydrogens (primary N) is 1. The average Bonchev–Trinajstić information content (AvgIpc) is 2.81. The monoisotopic (exact) mass is 298 g/mol. The van der Waals surface area contributed by atoms with E-state index in [1.165, 1.54) is 44.9 Å². The Hall–Kier alpha value is -2.37. The minimum absolute atomic E-state index is 0.450. The largest absolute Gasteiger partial charge is 0.393 e. The summed E-state index contributed by atoms with van der Waals surface area (Å²) in [5, 5.41) is 6.67.